The second kappa shape index (κ2) is 7.08. The van der Waals surface area contributed by atoms with Gasteiger partial charge < -0.3 is 9.30 Å². The molecule has 136 valence electrons. The van der Waals surface area contributed by atoms with Crippen molar-refractivity contribution < 1.29 is 9.13 Å². The molecule has 0 aliphatic carbocycles. The minimum atomic E-state index is -0.234. The van der Waals surface area contributed by atoms with Crippen molar-refractivity contribution in [3.8, 4) is 5.75 Å². The van der Waals surface area contributed by atoms with E-state index in [0.29, 0.717) is 6.04 Å². The summed E-state index contributed by atoms with van der Waals surface area (Å²) < 4.78 is 21.0. The van der Waals surface area contributed by atoms with E-state index in [9.17, 15) is 4.39 Å². The third-order valence-electron chi connectivity index (χ3n) is 5.31. The highest BCUT2D eigenvalue weighted by Crippen LogP contribution is 2.34. The Labute approximate surface area is 153 Å². The molecule has 0 radical (unpaired) electrons. The molecule has 1 aliphatic rings. The number of fused-ring (bicyclic) bond motifs is 1. The van der Waals surface area contributed by atoms with Gasteiger partial charge >= 0.3 is 0 Å². The van der Waals surface area contributed by atoms with E-state index in [1.807, 2.05) is 18.2 Å². The predicted molar refractivity (Wildman–Crippen MR) is 101 cm³/mol. The molecule has 1 aromatic heterocycles. The van der Waals surface area contributed by atoms with E-state index >= 15 is 0 Å². The number of aryl methyl sites for hydroxylation is 1. The van der Waals surface area contributed by atoms with E-state index in [4.69, 9.17) is 9.72 Å². The maximum absolute atomic E-state index is 13.6. The van der Waals surface area contributed by atoms with Gasteiger partial charge in [-0.05, 0) is 56.1 Å². The van der Waals surface area contributed by atoms with Crippen molar-refractivity contribution in [3.05, 3.63) is 59.7 Å². The lowest BCUT2D eigenvalue weighted by Gasteiger charge is -2.25. The van der Waals surface area contributed by atoms with Crippen molar-refractivity contribution in [2.75, 3.05) is 13.7 Å². The topological polar surface area (TPSA) is 30.3 Å². The first-order valence-electron chi connectivity index (χ1n) is 9.22. The number of hydrogen-bond donors (Lipinski definition) is 0. The van der Waals surface area contributed by atoms with Crippen LogP contribution in [-0.2, 0) is 13.1 Å². The Hall–Kier alpha value is -2.40. The van der Waals surface area contributed by atoms with Crippen LogP contribution in [0, 0.1) is 5.82 Å². The van der Waals surface area contributed by atoms with Gasteiger partial charge in [-0.2, -0.15) is 0 Å². The van der Waals surface area contributed by atoms with Gasteiger partial charge in [0.25, 0.3) is 0 Å². The van der Waals surface area contributed by atoms with E-state index in [0.717, 1.165) is 48.7 Å². The molecule has 1 aliphatic heterocycles. The molecule has 0 spiro atoms. The molecular weight excluding hydrogens is 329 g/mol. The minimum Gasteiger partial charge on any atom is -0.497 e. The lowest BCUT2D eigenvalue weighted by molar-refractivity contribution is 0.239. The quantitative estimate of drug-likeness (QED) is 0.674. The number of halogens is 1. The molecule has 4 nitrogen and oxygen atoms in total. The van der Waals surface area contributed by atoms with Crippen LogP contribution in [0.15, 0.2) is 42.5 Å². The number of imidazole rings is 1. The number of likely N-dealkylation sites (tertiary alicyclic amines) is 1. The van der Waals surface area contributed by atoms with Gasteiger partial charge in [0.1, 0.15) is 17.4 Å². The first-order chi connectivity index (χ1) is 12.7. The third kappa shape index (κ3) is 3.07. The number of nitrogens with zero attached hydrogens (tertiary/aromatic N) is 3. The molecule has 1 unspecified atom stereocenters. The fraction of sp³-hybridized carbons (Fsp3) is 0.381. The van der Waals surface area contributed by atoms with Crippen LogP contribution in [0.5, 0.6) is 5.75 Å². The summed E-state index contributed by atoms with van der Waals surface area (Å²) >= 11 is 0. The summed E-state index contributed by atoms with van der Waals surface area (Å²) in [6, 6.07) is 13.6. The Morgan fingerprint density at radius 3 is 2.73 bits per heavy atom. The van der Waals surface area contributed by atoms with Crippen LogP contribution < -0.4 is 4.74 Å². The van der Waals surface area contributed by atoms with Gasteiger partial charge in [0, 0.05) is 18.7 Å². The molecule has 5 heteroatoms. The molecule has 0 amide bonds. The lowest BCUT2D eigenvalue weighted by atomic mass is 10.0. The van der Waals surface area contributed by atoms with Gasteiger partial charge in [-0.15, -0.1) is 0 Å². The average Bonchev–Trinajstić information content (AvgIpc) is 3.25. The molecule has 0 N–H and O–H groups in total. The molecular formula is C21H24FN3O. The molecule has 1 fully saturated rings. The summed E-state index contributed by atoms with van der Waals surface area (Å²) in [4.78, 5) is 7.20. The first kappa shape index (κ1) is 17.0. The Kier molecular flexibility index (Phi) is 4.64. The highest BCUT2D eigenvalue weighted by molar-refractivity contribution is 5.76. The van der Waals surface area contributed by atoms with E-state index in [1.165, 1.54) is 24.1 Å². The summed E-state index contributed by atoms with van der Waals surface area (Å²) in [6.45, 7) is 4.77. The zero-order valence-corrected chi connectivity index (χ0v) is 15.3. The van der Waals surface area contributed by atoms with Crippen molar-refractivity contribution >= 4 is 11.0 Å². The Morgan fingerprint density at radius 1 is 1.19 bits per heavy atom. The minimum absolute atomic E-state index is 0.234. The number of methoxy groups -OCH3 is 1. The summed E-state index contributed by atoms with van der Waals surface area (Å²) in [5, 5.41) is 0. The first-order valence-corrected chi connectivity index (χ1v) is 9.22. The summed E-state index contributed by atoms with van der Waals surface area (Å²) in [7, 11) is 1.69. The van der Waals surface area contributed by atoms with Gasteiger partial charge in [-0.25, -0.2) is 9.37 Å². The van der Waals surface area contributed by atoms with Crippen LogP contribution in [0.4, 0.5) is 4.39 Å². The van der Waals surface area contributed by atoms with Crippen molar-refractivity contribution in [2.24, 2.45) is 0 Å². The molecule has 0 saturated carbocycles. The second-order valence-electron chi connectivity index (χ2n) is 6.81. The molecule has 2 aromatic carbocycles. The zero-order valence-electron chi connectivity index (χ0n) is 15.3. The van der Waals surface area contributed by atoms with Gasteiger partial charge in [-0.1, -0.05) is 12.1 Å². The van der Waals surface area contributed by atoms with Crippen LogP contribution in [0.2, 0.25) is 0 Å². The fourth-order valence-electron chi connectivity index (χ4n) is 4.03. The SMILES string of the molecule is CCn1c(CN2CCCC2c2ccc(OC)cc2)nc2cc(F)ccc21. The van der Waals surface area contributed by atoms with Crippen LogP contribution in [0.3, 0.4) is 0 Å². The van der Waals surface area contributed by atoms with E-state index in [2.05, 4.69) is 28.5 Å². The van der Waals surface area contributed by atoms with Crippen molar-refractivity contribution in [1.82, 2.24) is 14.5 Å². The lowest BCUT2D eigenvalue weighted by Crippen LogP contribution is -2.24. The van der Waals surface area contributed by atoms with Crippen LogP contribution >= 0.6 is 0 Å². The molecule has 2 heterocycles. The second-order valence-corrected chi connectivity index (χ2v) is 6.81. The summed E-state index contributed by atoms with van der Waals surface area (Å²) in [5.74, 6) is 1.66. The molecule has 0 bridgehead atoms. The maximum atomic E-state index is 13.6. The number of benzene rings is 2. The van der Waals surface area contributed by atoms with E-state index < -0.39 is 0 Å². The highest BCUT2D eigenvalue weighted by Gasteiger charge is 2.27. The van der Waals surface area contributed by atoms with E-state index in [-0.39, 0.29) is 5.82 Å². The Balaban J connectivity index is 1.62. The summed E-state index contributed by atoms with van der Waals surface area (Å²) in [5.41, 5.74) is 3.06. The molecule has 3 aromatic rings. The number of ether oxygens (including phenoxy) is 1. The number of hydrogen-bond acceptors (Lipinski definition) is 3. The molecule has 26 heavy (non-hydrogen) atoms. The van der Waals surface area contributed by atoms with Crippen molar-refractivity contribution in [1.29, 1.82) is 0 Å². The predicted octanol–water partition coefficient (Wildman–Crippen LogP) is 4.54. The highest BCUT2D eigenvalue weighted by atomic mass is 19.1. The van der Waals surface area contributed by atoms with Crippen LogP contribution in [0.25, 0.3) is 11.0 Å². The fourth-order valence-corrected chi connectivity index (χ4v) is 4.03. The maximum Gasteiger partial charge on any atom is 0.125 e. The third-order valence-corrected chi connectivity index (χ3v) is 5.31. The monoisotopic (exact) mass is 353 g/mol. The molecule has 4 rings (SSSR count). The van der Waals surface area contributed by atoms with Gasteiger partial charge in [-0.3, -0.25) is 4.90 Å². The molecule has 1 atom stereocenters. The van der Waals surface area contributed by atoms with Crippen molar-refractivity contribution in [3.63, 3.8) is 0 Å². The van der Waals surface area contributed by atoms with Gasteiger partial charge in [0.15, 0.2) is 0 Å². The van der Waals surface area contributed by atoms with E-state index in [1.54, 1.807) is 7.11 Å². The Morgan fingerprint density at radius 2 is 2.00 bits per heavy atom. The molecule has 1 saturated heterocycles. The normalized spacial score (nSPS) is 17.9. The van der Waals surface area contributed by atoms with Crippen molar-refractivity contribution in [2.45, 2.75) is 38.9 Å². The standard InChI is InChI=1S/C21H24FN3O/c1-3-25-20-11-8-16(22)13-18(20)23-21(25)14-24-12-4-5-19(24)15-6-9-17(26-2)10-7-15/h6-11,13,19H,3-5,12,14H2,1-2H3. The van der Waals surface area contributed by atoms with Gasteiger partial charge in [0.05, 0.1) is 24.7 Å². The average molecular weight is 353 g/mol. The van der Waals surface area contributed by atoms with Crippen LogP contribution in [0.1, 0.15) is 37.2 Å². The van der Waals surface area contributed by atoms with Gasteiger partial charge in [0.2, 0.25) is 0 Å². The summed E-state index contributed by atoms with van der Waals surface area (Å²) in [6.07, 6.45) is 2.32. The van der Waals surface area contributed by atoms with Crippen LogP contribution in [-0.4, -0.2) is 28.1 Å². The zero-order chi connectivity index (χ0) is 18.1. The Bertz CT molecular complexity index is 904. The smallest absolute Gasteiger partial charge is 0.125 e. The largest absolute Gasteiger partial charge is 0.497 e. The number of aromatic nitrogens is 2. The number of rotatable bonds is 5.